The number of benzene rings is 1. The van der Waals surface area contributed by atoms with Gasteiger partial charge in [-0.3, -0.25) is 0 Å². The third kappa shape index (κ3) is 1.93. The summed E-state index contributed by atoms with van der Waals surface area (Å²) in [5.41, 5.74) is 0.0545. The highest BCUT2D eigenvalue weighted by Gasteiger charge is 2.76. The lowest BCUT2D eigenvalue weighted by Crippen LogP contribution is -3.17. The van der Waals surface area contributed by atoms with Gasteiger partial charge < -0.3 is 24.8 Å². The molecule has 1 spiro atoms. The first-order chi connectivity index (χ1) is 13.4. The van der Waals surface area contributed by atoms with Crippen LogP contribution < -0.4 is 15.0 Å². The molecule has 5 rings (SSSR count). The summed E-state index contributed by atoms with van der Waals surface area (Å²) < 4.78 is 10.6. The zero-order valence-corrected chi connectivity index (χ0v) is 16.7. The molecule has 0 bridgehead atoms. The standard InChI is InChI=1S/C22H28N2O4/c1-4-20-8-5-10-24-11-9-21(18(20)24)15-7-6-14(27-2)12-16(15)23-17(21)22(26,13-20)19(25)28-3/h5-8,12,17-18,23,26H,4,9-11,13H2,1-3H3/p+1/t17-,18+,20+,21+,22-/m1/s1. The van der Waals surface area contributed by atoms with Crippen molar-refractivity contribution >= 4 is 11.7 Å². The van der Waals surface area contributed by atoms with Gasteiger partial charge in [0.15, 0.2) is 5.60 Å². The van der Waals surface area contributed by atoms with Crippen LogP contribution in [0.15, 0.2) is 30.4 Å². The molecule has 3 aliphatic heterocycles. The maximum Gasteiger partial charge on any atom is 0.340 e. The molecule has 4 aliphatic rings. The largest absolute Gasteiger partial charge is 0.497 e. The van der Waals surface area contributed by atoms with Gasteiger partial charge in [-0.25, -0.2) is 4.79 Å². The molecule has 28 heavy (non-hydrogen) atoms. The number of methoxy groups -OCH3 is 2. The number of nitrogens with one attached hydrogen (secondary N) is 2. The highest BCUT2D eigenvalue weighted by atomic mass is 16.5. The van der Waals surface area contributed by atoms with Gasteiger partial charge in [-0.1, -0.05) is 19.1 Å². The number of carbonyl (C=O) groups excluding carboxylic acids is 1. The Hall–Kier alpha value is -2.05. The van der Waals surface area contributed by atoms with E-state index in [2.05, 4.69) is 30.5 Å². The third-order valence-electron chi connectivity index (χ3n) is 8.00. The predicted molar refractivity (Wildman–Crippen MR) is 105 cm³/mol. The fraction of sp³-hybridized carbons (Fsp3) is 0.591. The molecule has 1 saturated heterocycles. The van der Waals surface area contributed by atoms with E-state index in [1.54, 1.807) is 12.0 Å². The number of aliphatic hydroxyl groups is 1. The van der Waals surface area contributed by atoms with E-state index >= 15 is 0 Å². The summed E-state index contributed by atoms with van der Waals surface area (Å²) in [5, 5.41) is 15.4. The van der Waals surface area contributed by atoms with E-state index in [0.29, 0.717) is 12.5 Å². The molecule has 3 N–H and O–H groups in total. The number of anilines is 1. The van der Waals surface area contributed by atoms with Crippen LogP contribution in [0.1, 0.15) is 31.7 Å². The molecule has 0 radical (unpaired) electrons. The average Bonchev–Trinajstić information content (AvgIpc) is 3.28. The quantitative estimate of drug-likeness (QED) is 0.527. The van der Waals surface area contributed by atoms with Crippen molar-refractivity contribution in [3.63, 3.8) is 0 Å². The molecule has 3 heterocycles. The maximum atomic E-state index is 12.9. The van der Waals surface area contributed by atoms with E-state index < -0.39 is 17.6 Å². The van der Waals surface area contributed by atoms with Crippen LogP contribution in [0.3, 0.4) is 0 Å². The molecule has 2 fully saturated rings. The van der Waals surface area contributed by atoms with Gasteiger partial charge in [0, 0.05) is 30.0 Å². The first-order valence-corrected chi connectivity index (χ1v) is 10.2. The van der Waals surface area contributed by atoms with Crippen LogP contribution in [0.4, 0.5) is 5.69 Å². The second-order valence-electron chi connectivity index (χ2n) is 8.91. The summed E-state index contributed by atoms with van der Waals surface area (Å²) >= 11 is 0. The van der Waals surface area contributed by atoms with E-state index in [1.165, 1.54) is 12.7 Å². The van der Waals surface area contributed by atoms with Crippen LogP contribution in [0.5, 0.6) is 5.75 Å². The van der Waals surface area contributed by atoms with Gasteiger partial charge in [0.1, 0.15) is 11.8 Å². The number of ether oxygens (including phenoxy) is 2. The summed E-state index contributed by atoms with van der Waals surface area (Å²) in [5.74, 6) is 0.234. The molecule has 1 aromatic carbocycles. The lowest BCUT2D eigenvalue weighted by Gasteiger charge is -2.57. The van der Waals surface area contributed by atoms with Crippen molar-refractivity contribution < 1.29 is 24.3 Å². The lowest BCUT2D eigenvalue weighted by atomic mass is 9.49. The minimum atomic E-state index is -1.58. The zero-order chi connectivity index (χ0) is 19.7. The number of esters is 1. The van der Waals surface area contributed by atoms with Crippen molar-refractivity contribution in [2.24, 2.45) is 5.41 Å². The molecule has 1 unspecified atom stereocenters. The Morgan fingerprint density at radius 3 is 2.93 bits per heavy atom. The minimum absolute atomic E-state index is 0.229. The van der Waals surface area contributed by atoms with Crippen LogP contribution in [-0.2, 0) is 14.9 Å². The van der Waals surface area contributed by atoms with Gasteiger partial charge in [0.2, 0.25) is 0 Å². The normalized spacial score (nSPS) is 42.2. The number of hydrogen-bond acceptors (Lipinski definition) is 5. The monoisotopic (exact) mass is 385 g/mol. The van der Waals surface area contributed by atoms with Gasteiger partial charge >= 0.3 is 5.97 Å². The number of quaternary nitrogens is 1. The summed E-state index contributed by atoms with van der Waals surface area (Å²) in [6.07, 6.45) is 6.73. The Labute approximate surface area is 165 Å². The summed E-state index contributed by atoms with van der Waals surface area (Å²) in [7, 11) is 3.02. The van der Waals surface area contributed by atoms with Crippen LogP contribution in [0.25, 0.3) is 0 Å². The van der Waals surface area contributed by atoms with Gasteiger partial charge in [-0.2, -0.15) is 0 Å². The average molecular weight is 385 g/mol. The molecule has 1 aromatic rings. The topological polar surface area (TPSA) is 72.2 Å². The predicted octanol–water partition coefficient (Wildman–Crippen LogP) is 0.658. The molecule has 150 valence electrons. The minimum Gasteiger partial charge on any atom is -0.497 e. The molecule has 0 amide bonds. The van der Waals surface area contributed by atoms with E-state index in [0.717, 1.165) is 37.4 Å². The number of rotatable bonds is 3. The van der Waals surface area contributed by atoms with Crippen LogP contribution in [0.2, 0.25) is 0 Å². The number of carbonyl (C=O) groups is 1. The highest BCUT2D eigenvalue weighted by Crippen LogP contribution is 2.61. The van der Waals surface area contributed by atoms with Gasteiger partial charge in [-0.05, 0) is 24.1 Å². The van der Waals surface area contributed by atoms with Crippen LogP contribution >= 0.6 is 0 Å². The van der Waals surface area contributed by atoms with Crippen LogP contribution in [-0.4, -0.2) is 56.1 Å². The Bertz CT molecular complexity index is 870. The third-order valence-corrected chi connectivity index (χ3v) is 8.00. The van der Waals surface area contributed by atoms with Gasteiger partial charge in [0.05, 0.1) is 38.8 Å². The molecule has 6 atom stereocenters. The molecule has 1 aliphatic carbocycles. The second-order valence-corrected chi connectivity index (χ2v) is 8.91. The summed E-state index contributed by atoms with van der Waals surface area (Å²) in [4.78, 5) is 14.5. The first kappa shape index (κ1) is 18.0. The van der Waals surface area contributed by atoms with Crippen molar-refractivity contribution in [3.05, 3.63) is 35.9 Å². The van der Waals surface area contributed by atoms with Crippen molar-refractivity contribution in [2.45, 2.75) is 49.3 Å². The Kier molecular flexibility index (Phi) is 3.69. The van der Waals surface area contributed by atoms with Crippen LogP contribution in [0, 0.1) is 5.41 Å². The van der Waals surface area contributed by atoms with E-state index in [9.17, 15) is 9.90 Å². The van der Waals surface area contributed by atoms with Gasteiger partial charge in [0.25, 0.3) is 0 Å². The second kappa shape index (κ2) is 5.74. The Morgan fingerprint density at radius 1 is 1.39 bits per heavy atom. The van der Waals surface area contributed by atoms with Crippen molar-refractivity contribution in [1.29, 1.82) is 0 Å². The summed E-state index contributed by atoms with van der Waals surface area (Å²) in [6.45, 7) is 4.22. The van der Waals surface area contributed by atoms with E-state index in [-0.39, 0.29) is 10.8 Å². The highest BCUT2D eigenvalue weighted by molar-refractivity contribution is 5.84. The Morgan fingerprint density at radius 2 is 2.21 bits per heavy atom. The van der Waals surface area contributed by atoms with Crippen molar-refractivity contribution in [1.82, 2.24) is 0 Å². The Balaban J connectivity index is 1.78. The van der Waals surface area contributed by atoms with Crippen molar-refractivity contribution in [2.75, 3.05) is 32.6 Å². The molecular weight excluding hydrogens is 356 g/mol. The fourth-order valence-electron chi connectivity index (χ4n) is 7.04. The molecule has 6 heteroatoms. The van der Waals surface area contributed by atoms with Crippen molar-refractivity contribution in [3.8, 4) is 5.75 Å². The molecule has 1 saturated carbocycles. The molecule has 0 aromatic heterocycles. The number of hydrogen-bond donors (Lipinski definition) is 3. The van der Waals surface area contributed by atoms with Gasteiger partial charge in [-0.15, -0.1) is 0 Å². The zero-order valence-electron chi connectivity index (χ0n) is 16.7. The lowest BCUT2D eigenvalue weighted by molar-refractivity contribution is -0.919. The smallest absolute Gasteiger partial charge is 0.340 e. The number of fused-ring (bicyclic) bond motifs is 1. The first-order valence-electron chi connectivity index (χ1n) is 10.2. The van der Waals surface area contributed by atoms with E-state index in [1.807, 2.05) is 12.1 Å². The maximum absolute atomic E-state index is 12.9. The molecular formula is C22H29N2O4+. The fourth-order valence-corrected chi connectivity index (χ4v) is 7.04. The SMILES string of the molecule is CC[C@]12C=CC[NH+]3CC[C@@]4(c5ccc(OC)cc5N[C@H]4[C@@](O)(C(=O)OC)C1)[C@@H]32. The van der Waals surface area contributed by atoms with E-state index in [4.69, 9.17) is 9.47 Å². The summed E-state index contributed by atoms with van der Waals surface area (Å²) in [6, 6.07) is 6.04. The molecule has 6 nitrogen and oxygen atoms in total.